The fourth-order valence-electron chi connectivity index (χ4n) is 8.66. The van der Waals surface area contributed by atoms with E-state index in [0.29, 0.717) is 23.7 Å². The Morgan fingerprint density at radius 2 is 1.71 bits per heavy atom. The quantitative estimate of drug-likeness (QED) is 0.240. The zero-order chi connectivity index (χ0) is 36.2. The van der Waals surface area contributed by atoms with Crippen molar-refractivity contribution >= 4 is 31.9 Å². The van der Waals surface area contributed by atoms with Gasteiger partial charge in [-0.05, 0) is 79.9 Å². The molecule has 2 aromatic carbocycles. The van der Waals surface area contributed by atoms with Crippen LogP contribution in [-0.2, 0) is 29.9 Å². The van der Waals surface area contributed by atoms with Gasteiger partial charge in [0.15, 0.2) is 20.5 Å². The van der Waals surface area contributed by atoms with Gasteiger partial charge in [0.1, 0.15) is 18.0 Å². The van der Waals surface area contributed by atoms with Gasteiger partial charge in [0, 0.05) is 49.5 Å². The molecule has 278 valence electrons. The molecule has 0 radical (unpaired) electrons. The summed E-state index contributed by atoms with van der Waals surface area (Å²) in [5, 5.41) is 1.21. The maximum absolute atomic E-state index is 13.5. The zero-order valence-electron chi connectivity index (χ0n) is 30.8. The number of aromatic nitrogens is 1. The number of esters is 2. The SMILES string of the molecule is COC(=O)[C@H]1[C@H]2C[C@@H]3c4[nH]c5cc(OC)ccc5c4CCN3C[C@H]2C[C@@H](OC(=O)c2cc(OC)c(OC)c(OC)c2)[C@@H]1OC.C[SiH]1CCCCO1. The van der Waals surface area contributed by atoms with E-state index >= 15 is 0 Å². The van der Waals surface area contributed by atoms with Crippen LogP contribution in [0.5, 0.6) is 23.0 Å². The van der Waals surface area contributed by atoms with Gasteiger partial charge in [0.2, 0.25) is 5.75 Å². The number of carbonyl (C=O) groups excluding carboxylic acids is 2. The Morgan fingerprint density at radius 3 is 2.29 bits per heavy atom. The van der Waals surface area contributed by atoms with Crippen LogP contribution in [0.15, 0.2) is 30.3 Å². The van der Waals surface area contributed by atoms with Crippen molar-refractivity contribution in [2.75, 3.05) is 62.4 Å². The third-order valence-electron chi connectivity index (χ3n) is 11.2. The Kier molecular flexibility index (Phi) is 11.8. The van der Waals surface area contributed by atoms with Crippen LogP contribution < -0.4 is 18.9 Å². The summed E-state index contributed by atoms with van der Waals surface area (Å²) in [6, 6.07) is 10.8. The first-order valence-electron chi connectivity index (χ1n) is 17.9. The Morgan fingerprint density at radius 1 is 0.941 bits per heavy atom. The Hall–Kier alpha value is -3.78. The summed E-state index contributed by atoms with van der Waals surface area (Å²) in [7, 11) is 8.51. The molecule has 1 aliphatic carbocycles. The van der Waals surface area contributed by atoms with E-state index in [9.17, 15) is 9.59 Å². The standard InChI is InChI=1S/C33H40N2O9.C5H12OSi/c1-38-19-7-8-20-21-9-10-35-16-18-13-27(44-32(36)17-11-25(39-2)30(41-4)26(12-17)40-3)31(42-5)28(33(37)43-6)22(18)15-24(35)29(21)34-23(20)14-19;1-7-5-3-2-4-6-7/h7-8,11-12,14,18,22,24,27-28,31,34H,9-10,13,15-16H2,1-6H3;7H,2-5H2,1H3/t18-,22+,24-,27-,28+,31+;/m1./s1. The number of ether oxygens (including phenoxy) is 7. The summed E-state index contributed by atoms with van der Waals surface area (Å²) in [6.45, 7) is 5.01. The van der Waals surface area contributed by atoms with E-state index in [4.69, 9.17) is 37.6 Å². The van der Waals surface area contributed by atoms with E-state index < -0.39 is 33.1 Å². The number of hydrogen-bond donors (Lipinski definition) is 1. The highest BCUT2D eigenvalue weighted by molar-refractivity contribution is 6.50. The number of hydrogen-bond acceptors (Lipinski definition) is 11. The lowest BCUT2D eigenvalue weighted by Crippen LogP contribution is -2.58. The molecule has 1 aromatic heterocycles. The van der Waals surface area contributed by atoms with Crippen LogP contribution in [0.4, 0.5) is 0 Å². The lowest BCUT2D eigenvalue weighted by Gasteiger charge is -2.52. The molecular weight excluding hydrogens is 673 g/mol. The molecule has 4 heterocycles. The Labute approximate surface area is 301 Å². The number of fused-ring (bicyclic) bond motifs is 6. The fourth-order valence-corrected chi connectivity index (χ4v) is 10.3. The van der Waals surface area contributed by atoms with Gasteiger partial charge in [-0.3, -0.25) is 9.69 Å². The molecule has 1 N–H and O–H groups in total. The van der Waals surface area contributed by atoms with Gasteiger partial charge < -0.3 is 42.6 Å². The van der Waals surface area contributed by atoms with E-state index in [-0.39, 0.29) is 29.4 Å². The smallest absolute Gasteiger partial charge is 0.338 e. The van der Waals surface area contributed by atoms with E-state index in [1.54, 1.807) is 26.4 Å². The van der Waals surface area contributed by atoms with Gasteiger partial charge in [-0.15, -0.1) is 0 Å². The Balaban J connectivity index is 0.000000573. The first kappa shape index (κ1) is 37.0. The molecular formula is C38H52N2O10Si. The first-order chi connectivity index (χ1) is 24.7. The van der Waals surface area contributed by atoms with Gasteiger partial charge in [-0.1, -0.05) is 6.42 Å². The lowest BCUT2D eigenvalue weighted by atomic mass is 9.63. The van der Waals surface area contributed by atoms with Crippen molar-refractivity contribution in [3.8, 4) is 23.0 Å². The van der Waals surface area contributed by atoms with Gasteiger partial charge in [-0.2, -0.15) is 0 Å². The van der Waals surface area contributed by atoms with Gasteiger partial charge >= 0.3 is 11.9 Å². The van der Waals surface area contributed by atoms with Crippen molar-refractivity contribution in [1.82, 2.24) is 9.88 Å². The molecule has 3 fully saturated rings. The molecule has 12 nitrogen and oxygen atoms in total. The number of carbonyl (C=O) groups is 2. The molecule has 1 saturated carbocycles. The van der Waals surface area contributed by atoms with Crippen molar-refractivity contribution < 1.29 is 47.2 Å². The third-order valence-corrected chi connectivity index (χ3v) is 13.2. The molecule has 0 bridgehead atoms. The highest BCUT2D eigenvalue weighted by Gasteiger charge is 2.54. The molecule has 0 spiro atoms. The molecule has 1 unspecified atom stereocenters. The molecule has 7 atom stereocenters. The number of nitrogens with one attached hydrogen (secondary N) is 1. The fraction of sp³-hybridized carbons (Fsp3) is 0.579. The minimum atomic E-state index is -0.670. The van der Waals surface area contributed by atoms with E-state index in [1.807, 2.05) is 12.1 Å². The maximum Gasteiger partial charge on any atom is 0.338 e. The van der Waals surface area contributed by atoms with Crippen LogP contribution in [0.1, 0.15) is 53.3 Å². The van der Waals surface area contributed by atoms with E-state index in [0.717, 1.165) is 43.8 Å². The van der Waals surface area contributed by atoms with Crippen LogP contribution in [0.2, 0.25) is 12.6 Å². The molecule has 7 rings (SSSR count). The van der Waals surface area contributed by atoms with Gasteiger partial charge in [0.25, 0.3) is 0 Å². The van der Waals surface area contributed by atoms with Crippen LogP contribution in [-0.4, -0.2) is 105 Å². The molecule has 51 heavy (non-hydrogen) atoms. The summed E-state index contributed by atoms with van der Waals surface area (Å²) in [6.07, 6.45) is 3.65. The van der Waals surface area contributed by atoms with Crippen molar-refractivity contribution in [2.24, 2.45) is 17.8 Å². The predicted octanol–water partition coefficient (Wildman–Crippen LogP) is 5.32. The largest absolute Gasteiger partial charge is 0.497 e. The second-order valence-corrected chi connectivity index (χ2v) is 16.4. The average Bonchev–Trinajstić information content (AvgIpc) is 3.54. The summed E-state index contributed by atoms with van der Waals surface area (Å²) < 4.78 is 44.5. The summed E-state index contributed by atoms with van der Waals surface area (Å²) in [4.78, 5) is 33.1. The minimum absolute atomic E-state index is 0.0170. The summed E-state index contributed by atoms with van der Waals surface area (Å²) >= 11 is 0. The summed E-state index contributed by atoms with van der Waals surface area (Å²) in [5.74, 6) is 0.441. The zero-order valence-corrected chi connectivity index (χ0v) is 32.0. The van der Waals surface area contributed by atoms with Crippen LogP contribution in [0, 0.1) is 17.8 Å². The van der Waals surface area contributed by atoms with Crippen molar-refractivity contribution in [2.45, 2.75) is 62.9 Å². The first-order valence-corrected chi connectivity index (χ1v) is 20.3. The van der Waals surface area contributed by atoms with Crippen molar-refractivity contribution in [3.05, 3.63) is 47.2 Å². The van der Waals surface area contributed by atoms with Crippen molar-refractivity contribution in [3.63, 3.8) is 0 Å². The number of rotatable bonds is 8. The second kappa shape index (κ2) is 16.3. The Bertz CT molecular complexity index is 1670. The predicted molar refractivity (Wildman–Crippen MR) is 194 cm³/mol. The van der Waals surface area contributed by atoms with Crippen LogP contribution in [0.3, 0.4) is 0 Å². The van der Waals surface area contributed by atoms with E-state index in [2.05, 4.69) is 22.5 Å². The number of nitrogens with zero attached hydrogens (tertiary/aromatic N) is 1. The molecule has 0 amide bonds. The molecule has 2 saturated heterocycles. The van der Waals surface area contributed by atoms with Gasteiger partial charge in [0.05, 0.1) is 53.1 Å². The van der Waals surface area contributed by atoms with Crippen LogP contribution >= 0.6 is 0 Å². The maximum atomic E-state index is 13.5. The number of benzene rings is 2. The lowest BCUT2D eigenvalue weighted by molar-refractivity contribution is -0.176. The number of piperidine rings is 1. The molecule has 3 aromatic rings. The number of methoxy groups -OCH3 is 6. The van der Waals surface area contributed by atoms with Gasteiger partial charge in [-0.25, -0.2) is 4.79 Å². The number of H-pyrrole nitrogens is 1. The van der Waals surface area contributed by atoms with Crippen molar-refractivity contribution in [1.29, 1.82) is 0 Å². The highest BCUT2D eigenvalue weighted by atomic mass is 28.3. The average molecular weight is 725 g/mol. The third kappa shape index (κ3) is 7.44. The normalized spacial score (nSPS) is 27.1. The highest BCUT2D eigenvalue weighted by Crippen LogP contribution is 2.51. The molecule has 13 heteroatoms. The number of aromatic amines is 1. The van der Waals surface area contributed by atoms with E-state index in [1.165, 1.54) is 64.0 Å². The monoisotopic (exact) mass is 724 g/mol. The second-order valence-electron chi connectivity index (χ2n) is 13.9. The topological polar surface area (TPSA) is 127 Å². The molecule has 4 aliphatic rings. The summed E-state index contributed by atoms with van der Waals surface area (Å²) in [5.41, 5.74) is 3.83. The van der Waals surface area contributed by atoms with Crippen LogP contribution in [0.25, 0.3) is 10.9 Å². The minimum Gasteiger partial charge on any atom is -0.497 e. The molecule has 3 aliphatic heterocycles.